The second-order valence-corrected chi connectivity index (χ2v) is 11.4. The first-order chi connectivity index (χ1) is 18.7. The van der Waals surface area contributed by atoms with Crippen LogP contribution in [0.25, 0.3) is 10.9 Å². The monoisotopic (exact) mass is 554 g/mol. The summed E-state index contributed by atoms with van der Waals surface area (Å²) in [4.78, 5) is 43.0. The third-order valence-electron chi connectivity index (χ3n) is 7.38. The van der Waals surface area contributed by atoms with E-state index in [2.05, 4.69) is 34.1 Å². The van der Waals surface area contributed by atoms with Crippen molar-refractivity contribution in [3.8, 4) is 0 Å². The minimum Gasteiger partial charge on any atom is -0.358 e. The molecule has 1 aromatic carbocycles. The Morgan fingerprint density at radius 2 is 1.82 bits per heavy atom. The van der Waals surface area contributed by atoms with Crippen LogP contribution in [-0.4, -0.2) is 34.8 Å². The van der Waals surface area contributed by atoms with E-state index in [0.717, 1.165) is 54.3 Å². The van der Waals surface area contributed by atoms with Gasteiger partial charge in [0.2, 0.25) is 17.7 Å². The first-order valence-corrected chi connectivity index (χ1v) is 14.5. The Morgan fingerprint density at radius 1 is 1.08 bits per heavy atom. The van der Waals surface area contributed by atoms with Crippen molar-refractivity contribution in [3.05, 3.63) is 59.8 Å². The van der Waals surface area contributed by atoms with E-state index in [-0.39, 0.29) is 42.5 Å². The molecule has 0 unspecified atom stereocenters. The summed E-state index contributed by atoms with van der Waals surface area (Å²) < 4.78 is 0. The van der Waals surface area contributed by atoms with Gasteiger partial charge in [0.25, 0.3) is 0 Å². The molecule has 1 fully saturated rings. The van der Waals surface area contributed by atoms with Gasteiger partial charge in [-0.3, -0.25) is 14.4 Å². The molecule has 0 radical (unpaired) electrons. The lowest BCUT2D eigenvalue weighted by Gasteiger charge is -2.31. The predicted molar refractivity (Wildman–Crippen MR) is 158 cm³/mol. The van der Waals surface area contributed by atoms with Crippen LogP contribution in [0.15, 0.2) is 43.5 Å². The van der Waals surface area contributed by atoms with Crippen LogP contribution in [0.2, 0.25) is 5.02 Å². The lowest BCUT2D eigenvalue weighted by Crippen LogP contribution is -2.56. The number of amides is 3. The molecule has 2 atom stereocenters. The molecule has 4 N–H and O–H groups in total. The third kappa shape index (κ3) is 8.72. The van der Waals surface area contributed by atoms with Crippen LogP contribution in [0.5, 0.6) is 0 Å². The van der Waals surface area contributed by atoms with E-state index in [1.54, 1.807) is 6.08 Å². The third-order valence-corrected chi connectivity index (χ3v) is 7.62. The number of allylic oxidation sites excluding steroid dienone is 2. The Kier molecular flexibility index (Phi) is 11.7. The van der Waals surface area contributed by atoms with Crippen LogP contribution in [0.1, 0.15) is 76.5 Å². The van der Waals surface area contributed by atoms with E-state index < -0.39 is 12.1 Å². The number of fused-ring (bicyclic) bond motifs is 1. The van der Waals surface area contributed by atoms with Gasteiger partial charge in [0.15, 0.2) is 0 Å². The number of hydrogen-bond donors (Lipinski definition) is 4. The van der Waals surface area contributed by atoms with Gasteiger partial charge < -0.3 is 20.9 Å². The number of halogens is 1. The highest BCUT2D eigenvalue weighted by Gasteiger charge is 2.33. The summed E-state index contributed by atoms with van der Waals surface area (Å²) in [7, 11) is 0. The van der Waals surface area contributed by atoms with Gasteiger partial charge in [0.1, 0.15) is 12.1 Å². The summed E-state index contributed by atoms with van der Waals surface area (Å²) >= 11 is 6.26. The Morgan fingerprint density at radius 3 is 2.49 bits per heavy atom. The van der Waals surface area contributed by atoms with E-state index in [9.17, 15) is 14.4 Å². The molecule has 1 aromatic heterocycles. The second-order valence-electron chi connectivity index (χ2n) is 10.9. The maximum absolute atomic E-state index is 13.6. The van der Waals surface area contributed by atoms with Gasteiger partial charge in [-0.1, -0.05) is 56.9 Å². The number of aromatic amines is 1. The van der Waals surface area contributed by atoms with Crippen molar-refractivity contribution in [1.29, 1.82) is 0 Å². The first kappa shape index (κ1) is 30.5. The molecule has 3 amide bonds. The Hall–Kier alpha value is -3.06. The molecular weight excluding hydrogens is 512 g/mol. The number of rotatable bonds is 14. The van der Waals surface area contributed by atoms with E-state index in [1.165, 1.54) is 0 Å². The summed E-state index contributed by atoms with van der Waals surface area (Å²) in [6.07, 6.45) is 10.4. The highest BCUT2D eigenvalue weighted by Crippen LogP contribution is 2.28. The molecule has 0 aliphatic heterocycles. The van der Waals surface area contributed by atoms with E-state index in [4.69, 9.17) is 11.6 Å². The van der Waals surface area contributed by atoms with Crippen LogP contribution in [0.3, 0.4) is 0 Å². The van der Waals surface area contributed by atoms with E-state index in [1.807, 2.05) is 38.1 Å². The number of carbonyl (C=O) groups excluding carboxylic acids is 3. The van der Waals surface area contributed by atoms with Crippen molar-refractivity contribution in [2.75, 3.05) is 0 Å². The average molecular weight is 555 g/mol. The van der Waals surface area contributed by atoms with Gasteiger partial charge >= 0.3 is 0 Å². The zero-order valence-corrected chi connectivity index (χ0v) is 24.0. The van der Waals surface area contributed by atoms with Gasteiger partial charge in [-0.05, 0) is 55.7 Å². The summed E-state index contributed by atoms with van der Waals surface area (Å²) in [5.41, 5.74) is 2.85. The van der Waals surface area contributed by atoms with Crippen molar-refractivity contribution >= 4 is 40.2 Å². The topological polar surface area (TPSA) is 103 Å². The van der Waals surface area contributed by atoms with Crippen LogP contribution < -0.4 is 16.0 Å². The second kappa shape index (κ2) is 14.9. The fourth-order valence-electron chi connectivity index (χ4n) is 5.40. The smallest absolute Gasteiger partial charge is 0.243 e. The molecule has 212 valence electrons. The highest BCUT2D eigenvalue weighted by molar-refractivity contribution is 6.31. The molecule has 39 heavy (non-hydrogen) atoms. The minimum atomic E-state index is -0.717. The fourth-order valence-corrected chi connectivity index (χ4v) is 5.58. The zero-order valence-electron chi connectivity index (χ0n) is 23.3. The van der Waals surface area contributed by atoms with Gasteiger partial charge in [0.05, 0.1) is 0 Å². The van der Waals surface area contributed by atoms with Gasteiger partial charge in [0, 0.05) is 46.6 Å². The Balaban J connectivity index is 1.76. The maximum Gasteiger partial charge on any atom is 0.243 e. The molecule has 1 aliphatic carbocycles. The molecule has 0 saturated heterocycles. The molecule has 7 nitrogen and oxygen atoms in total. The van der Waals surface area contributed by atoms with E-state index >= 15 is 0 Å². The van der Waals surface area contributed by atoms with Crippen LogP contribution in [0, 0.1) is 11.8 Å². The fraction of sp³-hybridized carbons (Fsp3) is 0.516. The number of H-pyrrole nitrogens is 1. The molecule has 8 heteroatoms. The predicted octanol–water partition coefficient (Wildman–Crippen LogP) is 5.73. The number of nitrogens with one attached hydrogen (secondary N) is 4. The largest absolute Gasteiger partial charge is 0.358 e. The van der Waals surface area contributed by atoms with Gasteiger partial charge in [-0.2, -0.15) is 0 Å². The molecule has 3 rings (SSSR count). The lowest BCUT2D eigenvalue weighted by atomic mass is 9.83. The number of benzene rings is 1. The highest BCUT2D eigenvalue weighted by atomic mass is 35.5. The van der Waals surface area contributed by atoms with Crippen molar-refractivity contribution in [1.82, 2.24) is 20.9 Å². The van der Waals surface area contributed by atoms with Crippen LogP contribution in [0.4, 0.5) is 0 Å². The van der Waals surface area contributed by atoms with Crippen molar-refractivity contribution < 1.29 is 14.4 Å². The van der Waals surface area contributed by atoms with Gasteiger partial charge in [-0.15, -0.1) is 13.2 Å². The molecule has 1 aliphatic rings. The molecule has 0 bridgehead atoms. The Bertz CT molecular complexity index is 1170. The van der Waals surface area contributed by atoms with Crippen molar-refractivity contribution in [2.24, 2.45) is 11.8 Å². The number of aromatic nitrogens is 1. The summed E-state index contributed by atoms with van der Waals surface area (Å²) in [6.45, 7) is 11.9. The van der Waals surface area contributed by atoms with Crippen LogP contribution >= 0.6 is 11.6 Å². The summed E-state index contributed by atoms with van der Waals surface area (Å²) in [5, 5.41) is 10.6. The molecular formula is C31H43ClN4O3. The summed E-state index contributed by atoms with van der Waals surface area (Å²) in [5.74, 6) is -0.469. The molecule has 0 spiro atoms. The SMILES string of the molecule is C=CCCC(=O)N[C@@H](C(=O)N[C@@H](CC(C)C)C(=O)NCc1c(CC=C)[nH]c2ccc(Cl)cc12)C1CCCCC1. The molecule has 1 heterocycles. The van der Waals surface area contributed by atoms with E-state index in [0.29, 0.717) is 24.3 Å². The van der Waals surface area contributed by atoms with Crippen molar-refractivity contribution in [2.45, 2.75) is 90.3 Å². The number of carbonyl (C=O) groups is 3. The first-order valence-electron chi connectivity index (χ1n) is 14.1. The average Bonchev–Trinajstić information content (AvgIpc) is 3.25. The maximum atomic E-state index is 13.6. The van der Waals surface area contributed by atoms with Crippen LogP contribution in [-0.2, 0) is 27.3 Å². The number of hydrogen-bond acceptors (Lipinski definition) is 3. The van der Waals surface area contributed by atoms with Gasteiger partial charge in [-0.25, -0.2) is 0 Å². The zero-order chi connectivity index (χ0) is 28.4. The standard InChI is InChI=1S/C31H43ClN4O3/c1-5-7-14-28(37)36-29(21-12-9-8-10-13-21)31(39)35-27(17-20(3)4)30(38)33-19-24-23-18-22(32)15-16-26(23)34-25(24)11-6-2/h5-6,15-16,18,20-21,27,29,34H,1-2,7-14,17,19H2,3-4H3,(H,33,38)(H,35,39)(H,36,37)/t27-,29+/m0/s1. The normalized spacial score (nSPS) is 15.5. The quantitative estimate of drug-likeness (QED) is 0.224. The molecule has 1 saturated carbocycles. The minimum absolute atomic E-state index is 0.0617. The van der Waals surface area contributed by atoms with Crippen molar-refractivity contribution in [3.63, 3.8) is 0 Å². The summed E-state index contributed by atoms with van der Waals surface area (Å²) in [6, 6.07) is 4.27. The Labute approximate surface area is 237 Å². The molecule has 2 aromatic rings. The lowest BCUT2D eigenvalue weighted by molar-refractivity contribution is -0.133.